The number of primary amides is 1. The normalized spacial score (nSPS) is 28.4. The second-order valence-corrected chi connectivity index (χ2v) is 6.50. The number of benzene rings is 1. The van der Waals surface area contributed by atoms with Crippen LogP contribution in [0.5, 0.6) is 0 Å². The molecule has 114 valence electrons. The van der Waals surface area contributed by atoms with E-state index in [1.54, 1.807) is 0 Å². The lowest BCUT2D eigenvalue weighted by molar-refractivity contribution is -0.124. The molecule has 1 aromatic rings. The molecule has 4 N–H and O–H groups in total. The van der Waals surface area contributed by atoms with Crippen LogP contribution >= 0.6 is 0 Å². The molecular weight excluding hydrogens is 262 g/mol. The lowest BCUT2D eigenvalue weighted by Crippen LogP contribution is -2.55. The Kier molecular flexibility index (Phi) is 3.89. The van der Waals surface area contributed by atoms with E-state index >= 15 is 0 Å². The van der Waals surface area contributed by atoms with Crippen LogP contribution in [0.1, 0.15) is 37.7 Å². The second kappa shape index (κ2) is 5.68. The van der Waals surface area contributed by atoms with Gasteiger partial charge in [0.25, 0.3) is 0 Å². The monoisotopic (exact) mass is 287 g/mol. The predicted molar refractivity (Wildman–Crippen MR) is 85.0 cm³/mol. The molecule has 3 rings (SSSR count). The molecule has 1 aliphatic heterocycles. The second-order valence-electron chi connectivity index (χ2n) is 6.50. The molecule has 4 nitrogen and oxygen atoms in total. The Hall–Kier alpha value is -1.55. The number of carbonyl (C=O) groups is 1. The summed E-state index contributed by atoms with van der Waals surface area (Å²) < 4.78 is 0. The number of aryl methyl sites for hydroxylation is 1. The van der Waals surface area contributed by atoms with Crippen molar-refractivity contribution in [3.63, 3.8) is 0 Å². The van der Waals surface area contributed by atoms with Gasteiger partial charge in [-0.25, -0.2) is 0 Å². The largest absolute Gasteiger partial charge is 0.371 e. The molecule has 0 bridgehead atoms. The maximum Gasteiger partial charge on any atom is 0.237 e. The number of nitrogens with zero attached hydrogens (tertiary/aromatic N) is 1. The number of hydrogen-bond donors (Lipinski definition) is 2. The molecular formula is C17H25N3O. The fraction of sp³-hybridized carbons (Fsp3) is 0.588. The van der Waals surface area contributed by atoms with Crippen molar-refractivity contribution in [2.24, 2.45) is 17.4 Å². The van der Waals surface area contributed by atoms with Crippen LogP contribution in [0.15, 0.2) is 24.3 Å². The van der Waals surface area contributed by atoms with Gasteiger partial charge in [-0.1, -0.05) is 24.6 Å². The quantitative estimate of drug-likeness (QED) is 0.887. The number of rotatable bonds is 4. The molecule has 4 heteroatoms. The van der Waals surface area contributed by atoms with Crippen LogP contribution in [-0.4, -0.2) is 24.5 Å². The zero-order chi connectivity index (χ0) is 14.9. The molecule has 1 aromatic carbocycles. The smallest absolute Gasteiger partial charge is 0.237 e. The Balaban J connectivity index is 1.68. The number of nitrogens with two attached hydrogens (primary N) is 2. The first kappa shape index (κ1) is 14.4. The SMILES string of the molecule is NC(=O)C1(N)CCCC1CCN1CCCc2ccccc21. The summed E-state index contributed by atoms with van der Waals surface area (Å²) in [7, 11) is 0. The summed E-state index contributed by atoms with van der Waals surface area (Å²) in [5, 5.41) is 0. The van der Waals surface area contributed by atoms with Crippen molar-refractivity contribution in [1.82, 2.24) is 0 Å². The first-order valence-electron chi connectivity index (χ1n) is 8.03. The van der Waals surface area contributed by atoms with Gasteiger partial charge in [0.2, 0.25) is 5.91 Å². The Bertz CT molecular complexity index is 531. The van der Waals surface area contributed by atoms with Crippen molar-refractivity contribution in [2.75, 3.05) is 18.0 Å². The van der Waals surface area contributed by atoms with Gasteiger partial charge in [-0.15, -0.1) is 0 Å². The highest BCUT2D eigenvalue weighted by molar-refractivity contribution is 5.85. The topological polar surface area (TPSA) is 72.3 Å². The van der Waals surface area contributed by atoms with Crippen LogP contribution in [0.4, 0.5) is 5.69 Å². The fourth-order valence-electron chi connectivity index (χ4n) is 3.98. The highest BCUT2D eigenvalue weighted by Gasteiger charge is 2.44. The molecule has 21 heavy (non-hydrogen) atoms. The number of para-hydroxylation sites is 1. The minimum absolute atomic E-state index is 0.226. The van der Waals surface area contributed by atoms with E-state index < -0.39 is 5.54 Å². The number of fused-ring (bicyclic) bond motifs is 1. The highest BCUT2D eigenvalue weighted by Crippen LogP contribution is 2.37. The first-order chi connectivity index (χ1) is 10.1. The average Bonchev–Trinajstić information content (AvgIpc) is 2.87. The van der Waals surface area contributed by atoms with E-state index in [0.717, 1.165) is 45.2 Å². The highest BCUT2D eigenvalue weighted by atomic mass is 16.1. The van der Waals surface area contributed by atoms with E-state index in [1.165, 1.54) is 17.7 Å². The van der Waals surface area contributed by atoms with Crippen molar-refractivity contribution in [3.05, 3.63) is 29.8 Å². The minimum Gasteiger partial charge on any atom is -0.371 e. The zero-order valence-corrected chi connectivity index (χ0v) is 12.6. The fourth-order valence-corrected chi connectivity index (χ4v) is 3.98. The van der Waals surface area contributed by atoms with E-state index in [4.69, 9.17) is 11.5 Å². The van der Waals surface area contributed by atoms with Gasteiger partial charge in [0.05, 0.1) is 5.54 Å². The van der Waals surface area contributed by atoms with Crippen molar-refractivity contribution < 1.29 is 4.79 Å². The van der Waals surface area contributed by atoms with Crippen LogP contribution in [0.25, 0.3) is 0 Å². The van der Waals surface area contributed by atoms with Gasteiger partial charge in [0, 0.05) is 18.8 Å². The molecule has 0 radical (unpaired) electrons. The van der Waals surface area contributed by atoms with Gasteiger partial charge < -0.3 is 16.4 Å². The average molecular weight is 287 g/mol. The van der Waals surface area contributed by atoms with Crippen molar-refractivity contribution in [1.29, 1.82) is 0 Å². The molecule has 0 saturated heterocycles. The van der Waals surface area contributed by atoms with E-state index in [9.17, 15) is 4.79 Å². The van der Waals surface area contributed by atoms with Crippen LogP contribution in [0, 0.1) is 5.92 Å². The summed E-state index contributed by atoms with van der Waals surface area (Å²) in [5.74, 6) is -0.104. The molecule has 1 amide bonds. The Morgan fingerprint density at radius 2 is 2.14 bits per heavy atom. The maximum absolute atomic E-state index is 11.7. The lowest BCUT2D eigenvalue weighted by atomic mass is 9.84. The molecule has 0 spiro atoms. The molecule has 2 aliphatic rings. The van der Waals surface area contributed by atoms with Crippen LogP contribution < -0.4 is 16.4 Å². The molecule has 1 saturated carbocycles. The summed E-state index contributed by atoms with van der Waals surface area (Å²) in [6, 6.07) is 8.63. The minimum atomic E-state index is -0.782. The van der Waals surface area contributed by atoms with Gasteiger partial charge in [0.15, 0.2) is 0 Å². The zero-order valence-electron chi connectivity index (χ0n) is 12.6. The van der Waals surface area contributed by atoms with E-state index in [1.807, 2.05) is 0 Å². The Morgan fingerprint density at radius 1 is 1.33 bits per heavy atom. The number of hydrogen-bond acceptors (Lipinski definition) is 3. The summed E-state index contributed by atoms with van der Waals surface area (Å²) >= 11 is 0. The Morgan fingerprint density at radius 3 is 2.95 bits per heavy atom. The van der Waals surface area contributed by atoms with Crippen LogP contribution in [0.3, 0.4) is 0 Å². The van der Waals surface area contributed by atoms with Gasteiger partial charge in [0.1, 0.15) is 0 Å². The van der Waals surface area contributed by atoms with E-state index in [-0.39, 0.29) is 11.8 Å². The number of amides is 1. The van der Waals surface area contributed by atoms with Gasteiger partial charge >= 0.3 is 0 Å². The predicted octanol–water partition coefficient (Wildman–Crippen LogP) is 1.81. The number of carbonyl (C=O) groups excluding carboxylic acids is 1. The van der Waals surface area contributed by atoms with Gasteiger partial charge in [-0.05, 0) is 49.7 Å². The van der Waals surface area contributed by atoms with Crippen LogP contribution in [0.2, 0.25) is 0 Å². The molecule has 1 fully saturated rings. The lowest BCUT2D eigenvalue weighted by Gasteiger charge is -2.34. The summed E-state index contributed by atoms with van der Waals surface area (Å²) in [6.07, 6.45) is 6.09. The molecule has 0 aromatic heterocycles. The number of anilines is 1. The summed E-state index contributed by atoms with van der Waals surface area (Å²) in [6.45, 7) is 2.06. The van der Waals surface area contributed by atoms with E-state index in [2.05, 4.69) is 29.2 Å². The van der Waals surface area contributed by atoms with Crippen molar-refractivity contribution in [2.45, 2.75) is 44.1 Å². The third-order valence-electron chi connectivity index (χ3n) is 5.28. The molecule has 2 atom stereocenters. The first-order valence-corrected chi connectivity index (χ1v) is 8.03. The summed E-state index contributed by atoms with van der Waals surface area (Å²) in [5.41, 5.74) is 13.8. The van der Waals surface area contributed by atoms with E-state index in [0.29, 0.717) is 0 Å². The molecule has 1 heterocycles. The van der Waals surface area contributed by atoms with Crippen molar-refractivity contribution in [3.8, 4) is 0 Å². The van der Waals surface area contributed by atoms with Gasteiger partial charge in [-0.2, -0.15) is 0 Å². The maximum atomic E-state index is 11.7. The van der Waals surface area contributed by atoms with Crippen molar-refractivity contribution >= 4 is 11.6 Å². The summed E-state index contributed by atoms with van der Waals surface area (Å²) in [4.78, 5) is 14.1. The standard InChI is InChI=1S/C17H25N3O/c18-16(21)17(19)10-3-7-14(17)9-12-20-11-4-6-13-5-1-2-8-15(13)20/h1-2,5,8,14H,3-4,6-7,9-12,19H2,(H2,18,21). The Labute approximate surface area is 126 Å². The molecule has 2 unspecified atom stereocenters. The van der Waals surface area contributed by atoms with Crippen LogP contribution in [-0.2, 0) is 11.2 Å². The third kappa shape index (κ3) is 2.64. The molecule has 1 aliphatic carbocycles. The van der Waals surface area contributed by atoms with Gasteiger partial charge in [-0.3, -0.25) is 4.79 Å². The third-order valence-corrected chi connectivity index (χ3v) is 5.28.